The van der Waals surface area contributed by atoms with E-state index in [-0.39, 0.29) is 12.0 Å². The number of carbonyl (C=O) groups is 1. The second-order valence-electron chi connectivity index (χ2n) is 6.24. The molecule has 0 spiro atoms. The van der Waals surface area contributed by atoms with Gasteiger partial charge in [-0.2, -0.15) is 4.98 Å². The first-order valence-corrected chi connectivity index (χ1v) is 8.86. The molecule has 0 fully saturated rings. The fraction of sp³-hybridized carbons (Fsp3) is 0.263. The van der Waals surface area contributed by atoms with Gasteiger partial charge in [-0.1, -0.05) is 6.07 Å². The van der Waals surface area contributed by atoms with E-state index >= 15 is 0 Å². The molecule has 9 heteroatoms. The van der Waals surface area contributed by atoms with Crippen LogP contribution in [0.3, 0.4) is 0 Å². The lowest BCUT2D eigenvalue weighted by Crippen LogP contribution is -2.28. The molecular formula is C19H23N7O2. The summed E-state index contributed by atoms with van der Waals surface area (Å²) in [7, 11) is 1.55. The zero-order valence-corrected chi connectivity index (χ0v) is 16.3. The topological polar surface area (TPSA) is 105 Å². The number of allylic oxidation sites excluding steroid dienone is 1. The predicted molar refractivity (Wildman–Crippen MR) is 107 cm³/mol. The number of hydrogen-bond donors (Lipinski definition) is 3. The number of fused-ring (bicyclic) bond motifs is 1. The van der Waals surface area contributed by atoms with Crippen molar-refractivity contribution in [3.8, 4) is 11.1 Å². The number of hydroxylamine groups is 1. The number of nitrogens with one attached hydrogen (secondary N) is 3. The van der Waals surface area contributed by atoms with Crippen LogP contribution in [0.4, 0.5) is 10.7 Å². The number of hydrogen-bond acceptors (Lipinski definition) is 6. The van der Waals surface area contributed by atoms with Crippen LogP contribution >= 0.6 is 0 Å². The van der Waals surface area contributed by atoms with E-state index in [0.717, 1.165) is 28.1 Å². The molecule has 3 heterocycles. The second-order valence-corrected chi connectivity index (χ2v) is 6.24. The third kappa shape index (κ3) is 4.09. The van der Waals surface area contributed by atoms with Crippen molar-refractivity contribution >= 4 is 23.3 Å². The van der Waals surface area contributed by atoms with Crippen molar-refractivity contribution in [2.45, 2.75) is 20.8 Å². The van der Waals surface area contributed by atoms with Gasteiger partial charge in [0.15, 0.2) is 5.65 Å². The summed E-state index contributed by atoms with van der Waals surface area (Å²) in [4.78, 5) is 25.6. The van der Waals surface area contributed by atoms with Gasteiger partial charge >= 0.3 is 6.03 Å². The molecular weight excluding hydrogens is 358 g/mol. The highest BCUT2D eigenvalue weighted by Gasteiger charge is 2.16. The average molecular weight is 381 g/mol. The molecule has 9 nitrogen and oxygen atoms in total. The van der Waals surface area contributed by atoms with Gasteiger partial charge in [-0.15, -0.1) is 5.10 Å². The number of aromatic nitrogens is 4. The van der Waals surface area contributed by atoms with E-state index in [1.807, 2.05) is 45.0 Å². The minimum absolute atomic E-state index is 0.209. The largest absolute Gasteiger partial charge is 0.338 e. The predicted octanol–water partition coefficient (Wildman–Crippen LogP) is 2.83. The molecule has 3 aromatic heterocycles. The monoisotopic (exact) mass is 381 g/mol. The summed E-state index contributed by atoms with van der Waals surface area (Å²) in [6.45, 7) is 6.28. The average Bonchev–Trinajstić information content (AvgIpc) is 3.08. The summed E-state index contributed by atoms with van der Waals surface area (Å²) in [5.74, 6) is 0.209. The zero-order chi connectivity index (χ0) is 20.1. The molecule has 0 radical (unpaired) electrons. The highest BCUT2D eigenvalue weighted by molar-refractivity contribution is 5.87. The van der Waals surface area contributed by atoms with Crippen molar-refractivity contribution in [3.63, 3.8) is 0 Å². The van der Waals surface area contributed by atoms with Gasteiger partial charge in [-0.3, -0.25) is 20.6 Å². The van der Waals surface area contributed by atoms with Gasteiger partial charge in [0.2, 0.25) is 0 Å². The Morgan fingerprint density at radius 2 is 2.07 bits per heavy atom. The van der Waals surface area contributed by atoms with Gasteiger partial charge < -0.3 is 5.32 Å². The highest BCUT2D eigenvalue weighted by atomic mass is 16.6. The number of amides is 2. The quantitative estimate of drug-likeness (QED) is 0.567. The molecule has 2 amide bonds. The molecule has 0 aliphatic rings. The Balaban J connectivity index is 2.18. The number of nitrogens with zero attached hydrogens (tertiary/aromatic N) is 4. The lowest BCUT2D eigenvalue weighted by molar-refractivity contribution is 0.135. The summed E-state index contributed by atoms with van der Waals surface area (Å²) in [5.41, 5.74) is 7.86. The number of urea groups is 1. The Morgan fingerprint density at radius 3 is 2.71 bits per heavy atom. The van der Waals surface area contributed by atoms with Crippen LogP contribution in [0.25, 0.3) is 22.5 Å². The lowest BCUT2D eigenvalue weighted by Gasteiger charge is -2.14. The first kappa shape index (κ1) is 19.3. The SMILES string of the molecule is CCNC(=O)Nc1nc2cc(-c3cccnc3)cc(C(NOC)=C(C)C)n2n1. The minimum atomic E-state index is -0.357. The lowest BCUT2D eigenvalue weighted by atomic mass is 10.1. The fourth-order valence-electron chi connectivity index (χ4n) is 2.73. The summed E-state index contributed by atoms with van der Waals surface area (Å²) in [5, 5.41) is 9.75. The summed E-state index contributed by atoms with van der Waals surface area (Å²) in [6.07, 6.45) is 3.51. The third-order valence-electron chi connectivity index (χ3n) is 3.95. The molecule has 0 saturated heterocycles. The van der Waals surface area contributed by atoms with Crippen molar-refractivity contribution in [3.05, 3.63) is 47.9 Å². The van der Waals surface area contributed by atoms with E-state index in [4.69, 9.17) is 4.84 Å². The van der Waals surface area contributed by atoms with E-state index in [9.17, 15) is 4.79 Å². The molecule has 0 aliphatic heterocycles. The zero-order valence-electron chi connectivity index (χ0n) is 16.3. The second kappa shape index (κ2) is 8.49. The molecule has 0 aliphatic carbocycles. The molecule has 0 saturated carbocycles. The Hall–Kier alpha value is -3.46. The standard InChI is InChI=1S/C19H23N7O2/c1-5-21-19(27)23-18-22-16-10-14(13-7-6-8-20-11-13)9-15(26(16)24-18)17(12(2)3)25-28-4/h6-11,25H,5H2,1-4H3,(H2,21,23,24,27). The van der Waals surface area contributed by atoms with Crippen molar-refractivity contribution < 1.29 is 9.63 Å². The fourth-order valence-corrected chi connectivity index (χ4v) is 2.73. The molecule has 0 bridgehead atoms. The van der Waals surface area contributed by atoms with E-state index in [0.29, 0.717) is 12.2 Å². The van der Waals surface area contributed by atoms with Crippen molar-refractivity contribution in [1.29, 1.82) is 0 Å². The molecule has 146 valence electrons. The van der Waals surface area contributed by atoms with Gasteiger partial charge in [-0.05, 0) is 50.1 Å². The molecule has 0 aromatic carbocycles. The van der Waals surface area contributed by atoms with Gasteiger partial charge in [0.05, 0.1) is 18.5 Å². The van der Waals surface area contributed by atoms with Crippen LogP contribution in [-0.2, 0) is 4.84 Å². The van der Waals surface area contributed by atoms with E-state index in [1.54, 1.807) is 24.0 Å². The number of anilines is 1. The Bertz CT molecular complexity index is 1010. The van der Waals surface area contributed by atoms with Crippen LogP contribution in [-0.4, -0.2) is 39.3 Å². The van der Waals surface area contributed by atoms with E-state index < -0.39 is 0 Å². The number of carbonyl (C=O) groups excluding carboxylic acids is 1. The summed E-state index contributed by atoms with van der Waals surface area (Å²) < 4.78 is 1.66. The number of rotatable bonds is 6. The van der Waals surface area contributed by atoms with Crippen LogP contribution in [0.1, 0.15) is 26.5 Å². The summed E-state index contributed by atoms with van der Waals surface area (Å²) >= 11 is 0. The number of pyridine rings is 2. The Kier molecular flexibility index (Phi) is 5.85. The van der Waals surface area contributed by atoms with Crippen molar-refractivity contribution in [2.75, 3.05) is 19.0 Å². The maximum atomic E-state index is 11.8. The normalized spacial score (nSPS) is 10.6. The molecule has 0 atom stereocenters. The van der Waals surface area contributed by atoms with Gasteiger partial charge in [0.25, 0.3) is 5.95 Å². The minimum Gasteiger partial charge on any atom is -0.338 e. The van der Waals surface area contributed by atoms with Gasteiger partial charge in [0, 0.05) is 24.5 Å². The first-order chi connectivity index (χ1) is 13.5. The van der Waals surface area contributed by atoms with Gasteiger partial charge in [-0.25, -0.2) is 9.31 Å². The van der Waals surface area contributed by atoms with Gasteiger partial charge in [0.1, 0.15) is 0 Å². The van der Waals surface area contributed by atoms with Crippen LogP contribution in [0, 0.1) is 0 Å². The first-order valence-electron chi connectivity index (χ1n) is 8.86. The van der Waals surface area contributed by atoms with Crippen LogP contribution in [0.5, 0.6) is 0 Å². The van der Waals surface area contributed by atoms with Crippen LogP contribution < -0.4 is 16.1 Å². The van der Waals surface area contributed by atoms with Crippen molar-refractivity contribution in [2.24, 2.45) is 0 Å². The molecule has 0 unspecified atom stereocenters. The van der Waals surface area contributed by atoms with Crippen molar-refractivity contribution in [1.82, 2.24) is 30.4 Å². The Labute approximate surface area is 162 Å². The van der Waals surface area contributed by atoms with Crippen LogP contribution in [0.2, 0.25) is 0 Å². The molecule has 3 rings (SSSR count). The maximum absolute atomic E-state index is 11.8. The Morgan fingerprint density at radius 1 is 1.25 bits per heavy atom. The smallest absolute Gasteiger partial charge is 0.321 e. The molecule has 28 heavy (non-hydrogen) atoms. The highest BCUT2D eigenvalue weighted by Crippen LogP contribution is 2.26. The summed E-state index contributed by atoms with van der Waals surface area (Å²) in [6, 6.07) is 7.36. The maximum Gasteiger partial charge on any atom is 0.321 e. The van der Waals surface area contributed by atoms with Crippen LogP contribution in [0.15, 0.2) is 42.2 Å². The third-order valence-corrected chi connectivity index (χ3v) is 3.95. The van der Waals surface area contributed by atoms with E-state index in [1.165, 1.54) is 0 Å². The molecule has 3 N–H and O–H groups in total. The molecule has 3 aromatic rings. The van der Waals surface area contributed by atoms with E-state index in [2.05, 4.69) is 31.2 Å².